The van der Waals surface area contributed by atoms with E-state index in [1.54, 1.807) is 19.9 Å². The molecule has 0 aliphatic heterocycles. The first-order valence-electron chi connectivity index (χ1n) is 6.89. The van der Waals surface area contributed by atoms with E-state index in [2.05, 4.69) is 5.32 Å². The van der Waals surface area contributed by atoms with Gasteiger partial charge in [-0.1, -0.05) is 26.8 Å². The van der Waals surface area contributed by atoms with Gasteiger partial charge in [0.05, 0.1) is 11.7 Å². The highest BCUT2D eigenvalue weighted by atomic mass is 32.2. The number of hydrogen-bond donors (Lipinski definition) is 2. The molecule has 0 heterocycles. The zero-order chi connectivity index (χ0) is 16.2. The van der Waals surface area contributed by atoms with Crippen molar-refractivity contribution < 1.29 is 18.3 Å². The normalized spacial score (nSPS) is 15.3. The first-order chi connectivity index (χ1) is 9.61. The predicted octanol–water partition coefficient (Wildman–Crippen LogP) is 4.06. The van der Waals surface area contributed by atoms with E-state index in [9.17, 15) is 18.3 Å². The van der Waals surface area contributed by atoms with Crippen LogP contribution >= 0.6 is 11.8 Å². The average molecular weight is 321 g/mol. The van der Waals surface area contributed by atoms with Crippen LogP contribution in [-0.4, -0.2) is 22.5 Å². The number of alkyl halides is 3. The summed E-state index contributed by atoms with van der Waals surface area (Å²) in [6.45, 7) is 7.38. The van der Waals surface area contributed by atoms with Crippen LogP contribution in [0.2, 0.25) is 0 Å². The molecule has 21 heavy (non-hydrogen) atoms. The van der Waals surface area contributed by atoms with Crippen molar-refractivity contribution in [1.82, 2.24) is 5.32 Å². The molecule has 120 valence electrons. The number of hydrogen-bond acceptors (Lipinski definition) is 3. The Morgan fingerprint density at radius 2 is 1.81 bits per heavy atom. The Bertz CT molecular complexity index is 461. The lowest BCUT2D eigenvalue weighted by atomic mass is 10.1. The van der Waals surface area contributed by atoms with Crippen molar-refractivity contribution in [2.75, 3.05) is 0 Å². The highest BCUT2D eigenvalue weighted by Gasteiger charge is 2.33. The van der Waals surface area contributed by atoms with Gasteiger partial charge in [-0.3, -0.25) is 0 Å². The van der Waals surface area contributed by atoms with Crippen LogP contribution in [0.3, 0.4) is 0 Å². The minimum Gasteiger partial charge on any atom is -0.392 e. The van der Waals surface area contributed by atoms with Crippen LogP contribution in [0.5, 0.6) is 0 Å². The van der Waals surface area contributed by atoms with Gasteiger partial charge in [0, 0.05) is 22.7 Å². The van der Waals surface area contributed by atoms with E-state index < -0.39 is 17.8 Å². The molecule has 0 fully saturated rings. The minimum absolute atomic E-state index is 0.121. The smallest absolute Gasteiger partial charge is 0.392 e. The van der Waals surface area contributed by atoms with Gasteiger partial charge in [-0.15, -0.1) is 11.8 Å². The van der Waals surface area contributed by atoms with Crippen molar-refractivity contribution >= 4 is 11.8 Å². The van der Waals surface area contributed by atoms with Crippen molar-refractivity contribution in [1.29, 1.82) is 0 Å². The summed E-state index contributed by atoms with van der Waals surface area (Å²) in [5, 5.41) is 12.3. The summed E-state index contributed by atoms with van der Waals surface area (Å²) in [5.74, 6) is 0. The van der Waals surface area contributed by atoms with Gasteiger partial charge in [0.25, 0.3) is 0 Å². The molecule has 0 spiro atoms. The first kappa shape index (κ1) is 18.3. The predicted molar refractivity (Wildman–Crippen MR) is 80.4 cm³/mol. The summed E-state index contributed by atoms with van der Waals surface area (Å²) < 4.78 is 39.5. The van der Waals surface area contributed by atoms with E-state index in [0.29, 0.717) is 4.90 Å². The second kappa shape index (κ2) is 7.51. The van der Waals surface area contributed by atoms with Crippen LogP contribution in [0.15, 0.2) is 23.1 Å². The van der Waals surface area contributed by atoms with Gasteiger partial charge in [0.2, 0.25) is 0 Å². The van der Waals surface area contributed by atoms with Gasteiger partial charge in [-0.05, 0) is 24.6 Å². The quantitative estimate of drug-likeness (QED) is 0.775. The Kier molecular flexibility index (Phi) is 6.56. The highest BCUT2D eigenvalue weighted by Crippen LogP contribution is 2.36. The molecule has 1 aromatic carbocycles. The molecular weight excluding hydrogens is 299 g/mol. The molecule has 0 amide bonds. The molecule has 0 radical (unpaired) electrons. The van der Waals surface area contributed by atoms with Gasteiger partial charge in [-0.25, -0.2) is 0 Å². The van der Waals surface area contributed by atoms with E-state index in [-0.39, 0.29) is 23.4 Å². The Balaban J connectivity index is 3.01. The van der Waals surface area contributed by atoms with E-state index in [0.717, 1.165) is 0 Å². The molecule has 2 atom stereocenters. The van der Waals surface area contributed by atoms with Crippen LogP contribution in [-0.2, 0) is 12.7 Å². The lowest BCUT2D eigenvalue weighted by Crippen LogP contribution is -2.24. The first-order valence-corrected chi connectivity index (χ1v) is 7.77. The van der Waals surface area contributed by atoms with Crippen LogP contribution in [0, 0.1) is 0 Å². The van der Waals surface area contributed by atoms with Gasteiger partial charge >= 0.3 is 6.18 Å². The topological polar surface area (TPSA) is 32.3 Å². The van der Waals surface area contributed by atoms with Crippen LogP contribution in [0.4, 0.5) is 13.2 Å². The zero-order valence-corrected chi connectivity index (χ0v) is 13.5. The maximum Gasteiger partial charge on any atom is 0.416 e. The lowest BCUT2D eigenvalue weighted by molar-refractivity contribution is -0.138. The van der Waals surface area contributed by atoms with Crippen molar-refractivity contribution in [3.63, 3.8) is 0 Å². The number of aliphatic hydroxyl groups is 1. The Morgan fingerprint density at radius 1 is 1.19 bits per heavy atom. The fraction of sp³-hybridized carbons (Fsp3) is 0.600. The van der Waals surface area contributed by atoms with Crippen LogP contribution < -0.4 is 5.32 Å². The number of rotatable bonds is 6. The fourth-order valence-corrected chi connectivity index (χ4v) is 2.63. The van der Waals surface area contributed by atoms with Gasteiger partial charge in [-0.2, -0.15) is 13.2 Å². The largest absolute Gasteiger partial charge is 0.416 e. The minimum atomic E-state index is -4.38. The van der Waals surface area contributed by atoms with Gasteiger partial charge in [0.15, 0.2) is 0 Å². The van der Waals surface area contributed by atoms with E-state index in [1.807, 2.05) is 13.8 Å². The third-order valence-corrected chi connectivity index (χ3v) is 4.38. The van der Waals surface area contributed by atoms with Crippen molar-refractivity contribution in [3.05, 3.63) is 29.3 Å². The van der Waals surface area contributed by atoms with Crippen molar-refractivity contribution in [2.24, 2.45) is 0 Å². The molecule has 2 N–H and O–H groups in total. The number of benzene rings is 1. The second-order valence-corrected chi connectivity index (χ2v) is 6.87. The third kappa shape index (κ3) is 5.88. The van der Waals surface area contributed by atoms with Crippen molar-refractivity contribution in [2.45, 2.75) is 62.7 Å². The highest BCUT2D eigenvalue weighted by molar-refractivity contribution is 8.00. The molecule has 6 heteroatoms. The Labute approximate surface area is 128 Å². The maximum atomic E-state index is 13.2. The summed E-state index contributed by atoms with van der Waals surface area (Å²) in [4.78, 5) is 0.518. The summed E-state index contributed by atoms with van der Waals surface area (Å²) in [6.07, 6.45) is -4.95. The molecule has 1 rings (SSSR count). The number of aliphatic hydroxyl groups excluding tert-OH is 1. The van der Waals surface area contributed by atoms with E-state index >= 15 is 0 Å². The molecule has 0 aliphatic rings. The molecule has 0 saturated carbocycles. The molecule has 0 aliphatic carbocycles. The molecule has 2 nitrogen and oxygen atoms in total. The number of nitrogens with one attached hydrogen (secondary N) is 1. The Hall–Kier alpha value is -0.720. The summed E-state index contributed by atoms with van der Waals surface area (Å²) in [7, 11) is 0. The zero-order valence-electron chi connectivity index (χ0n) is 12.7. The van der Waals surface area contributed by atoms with Crippen LogP contribution in [0.25, 0.3) is 0 Å². The SMILES string of the molecule is CC(C)NCc1ccc(SC(C)C(C)O)cc1C(F)(F)F. The van der Waals surface area contributed by atoms with Crippen molar-refractivity contribution in [3.8, 4) is 0 Å². The summed E-state index contributed by atoms with van der Waals surface area (Å²) in [5.41, 5.74) is -0.372. The van der Waals surface area contributed by atoms with E-state index in [1.165, 1.54) is 23.9 Å². The number of halogens is 3. The maximum absolute atomic E-state index is 13.2. The molecular formula is C15H22F3NOS. The lowest BCUT2D eigenvalue weighted by Gasteiger charge is -2.18. The van der Waals surface area contributed by atoms with Gasteiger partial charge < -0.3 is 10.4 Å². The molecule has 0 bridgehead atoms. The fourth-order valence-electron chi connectivity index (χ4n) is 1.67. The second-order valence-electron chi connectivity index (χ2n) is 5.42. The molecule has 0 aromatic heterocycles. The molecule has 2 unspecified atom stereocenters. The van der Waals surface area contributed by atoms with Crippen LogP contribution in [0.1, 0.15) is 38.8 Å². The molecule has 0 saturated heterocycles. The number of thioether (sulfide) groups is 1. The summed E-state index contributed by atoms with van der Waals surface area (Å²) >= 11 is 1.24. The standard InChI is InChI=1S/C15H22F3NOS/c1-9(2)19-8-12-5-6-13(21-11(4)10(3)20)7-14(12)15(16,17)18/h5-7,9-11,19-20H,8H2,1-4H3. The Morgan fingerprint density at radius 3 is 2.29 bits per heavy atom. The van der Waals surface area contributed by atoms with Gasteiger partial charge in [0.1, 0.15) is 0 Å². The van der Waals surface area contributed by atoms with E-state index in [4.69, 9.17) is 0 Å². The monoisotopic (exact) mass is 321 g/mol. The molecule has 1 aromatic rings. The summed E-state index contributed by atoms with van der Waals surface area (Å²) in [6, 6.07) is 4.47. The third-order valence-electron chi connectivity index (χ3n) is 3.09. The average Bonchev–Trinajstić information content (AvgIpc) is 2.35.